The molecule has 2 aliphatic heterocycles. The number of carboxylic acids is 1. The molecule has 2 fully saturated rings. The molecule has 2 saturated heterocycles. The zero-order valence-electron chi connectivity index (χ0n) is 16.0. The summed E-state index contributed by atoms with van der Waals surface area (Å²) in [6.07, 6.45) is -0.995. The standard InChI is InChI=1S/C17H29N3O6/c1-9(2)14(19(4)5)16(23)25-10(3)26-17(24)20-7-6-11-12(20)8-18-13(11)15(21)22/h9-14,18H,6-8H2,1-5H3,(H,21,22)/t10?,11?,12?,13?,14-/m0/s1. The lowest BCUT2D eigenvalue weighted by atomic mass is 9.97. The fourth-order valence-electron chi connectivity index (χ4n) is 3.97. The van der Waals surface area contributed by atoms with E-state index >= 15 is 0 Å². The molecule has 2 rings (SSSR count). The number of nitrogens with zero attached hydrogens (tertiary/aromatic N) is 2. The van der Waals surface area contributed by atoms with Crippen LogP contribution in [0, 0.1) is 11.8 Å². The predicted octanol–water partition coefficient (Wildman–Crippen LogP) is 0.345. The molecule has 0 aromatic carbocycles. The molecule has 0 radical (unpaired) electrons. The number of fused-ring (bicyclic) bond motifs is 1. The molecule has 0 aromatic heterocycles. The first kappa shape index (κ1) is 20.4. The Morgan fingerprint density at radius 1 is 1.19 bits per heavy atom. The molecule has 9 nitrogen and oxygen atoms in total. The van der Waals surface area contributed by atoms with Gasteiger partial charge in [-0.3, -0.25) is 14.5 Å². The van der Waals surface area contributed by atoms with E-state index in [4.69, 9.17) is 9.47 Å². The molecule has 2 N–H and O–H groups in total. The Morgan fingerprint density at radius 3 is 2.38 bits per heavy atom. The summed E-state index contributed by atoms with van der Waals surface area (Å²) in [6, 6.07) is -1.28. The van der Waals surface area contributed by atoms with Crippen molar-refractivity contribution >= 4 is 18.0 Å². The number of hydrogen-bond acceptors (Lipinski definition) is 7. The van der Waals surface area contributed by atoms with Crippen LogP contribution in [0.5, 0.6) is 0 Å². The lowest BCUT2D eigenvalue weighted by Crippen LogP contribution is -2.44. The third kappa shape index (κ3) is 4.27. The van der Waals surface area contributed by atoms with Crippen molar-refractivity contribution in [2.24, 2.45) is 11.8 Å². The van der Waals surface area contributed by atoms with Gasteiger partial charge in [0, 0.05) is 25.9 Å². The van der Waals surface area contributed by atoms with Crippen LogP contribution in [0.2, 0.25) is 0 Å². The summed E-state index contributed by atoms with van der Waals surface area (Å²) in [7, 11) is 3.58. The lowest BCUT2D eigenvalue weighted by Gasteiger charge is -2.28. The van der Waals surface area contributed by atoms with Gasteiger partial charge in [0.15, 0.2) is 0 Å². The highest BCUT2D eigenvalue weighted by Crippen LogP contribution is 2.32. The largest absolute Gasteiger partial charge is 0.480 e. The molecular formula is C17H29N3O6. The van der Waals surface area contributed by atoms with Gasteiger partial charge in [-0.05, 0) is 26.4 Å². The van der Waals surface area contributed by atoms with Gasteiger partial charge in [-0.15, -0.1) is 0 Å². The van der Waals surface area contributed by atoms with Gasteiger partial charge in [0.25, 0.3) is 0 Å². The topological polar surface area (TPSA) is 108 Å². The third-order valence-electron chi connectivity index (χ3n) is 5.05. The number of rotatable bonds is 6. The Balaban J connectivity index is 1.90. The van der Waals surface area contributed by atoms with Crippen molar-refractivity contribution in [3.05, 3.63) is 0 Å². The molecule has 148 valence electrons. The van der Waals surface area contributed by atoms with E-state index in [2.05, 4.69) is 5.32 Å². The summed E-state index contributed by atoms with van der Waals surface area (Å²) in [4.78, 5) is 39.2. The quantitative estimate of drug-likeness (QED) is 0.508. The van der Waals surface area contributed by atoms with Gasteiger partial charge in [-0.2, -0.15) is 0 Å². The van der Waals surface area contributed by atoms with E-state index in [9.17, 15) is 19.5 Å². The van der Waals surface area contributed by atoms with Gasteiger partial charge in [0.1, 0.15) is 12.1 Å². The normalized spacial score (nSPS) is 27.3. The van der Waals surface area contributed by atoms with E-state index < -0.39 is 36.4 Å². The SMILES string of the molecule is CC(OC(=O)[C@H](C(C)C)N(C)C)OC(=O)N1CCC2C(C(=O)O)NCC21. The number of ether oxygens (including phenoxy) is 2. The van der Waals surface area contributed by atoms with Crippen LogP contribution in [0.3, 0.4) is 0 Å². The van der Waals surface area contributed by atoms with Gasteiger partial charge in [-0.25, -0.2) is 4.79 Å². The van der Waals surface area contributed by atoms with E-state index in [1.165, 1.54) is 11.8 Å². The van der Waals surface area contributed by atoms with Gasteiger partial charge in [0.05, 0.1) is 6.04 Å². The number of likely N-dealkylation sites (tertiary alicyclic amines) is 1. The third-order valence-corrected chi connectivity index (χ3v) is 5.05. The molecule has 0 aromatic rings. The second-order valence-electron chi connectivity index (χ2n) is 7.48. The molecule has 0 bridgehead atoms. The average molecular weight is 371 g/mol. The van der Waals surface area contributed by atoms with Crippen molar-refractivity contribution in [2.75, 3.05) is 27.2 Å². The van der Waals surface area contributed by atoms with Crippen molar-refractivity contribution in [3.8, 4) is 0 Å². The summed E-state index contributed by atoms with van der Waals surface area (Å²) >= 11 is 0. The molecule has 1 amide bonds. The number of esters is 1. The average Bonchev–Trinajstić information content (AvgIpc) is 3.06. The Morgan fingerprint density at radius 2 is 1.85 bits per heavy atom. The van der Waals surface area contributed by atoms with Crippen molar-refractivity contribution in [1.82, 2.24) is 15.1 Å². The van der Waals surface area contributed by atoms with E-state index in [0.29, 0.717) is 19.5 Å². The van der Waals surface area contributed by atoms with Gasteiger partial charge >= 0.3 is 18.0 Å². The fourth-order valence-corrected chi connectivity index (χ4v) is 3.97. The van der Waals surface area contributed by atoms with Crippen LogP contribution >= 0.6 is 0 Å². The maximum Gasteiger partial charge on any atom is 0.413 e. The second kappa shape index (κ2) is 8.22. The number of amides is 1. The van der Waals surface area contributed by atoms with Crippen LogP contribution in [0.15, 0.2) is 0 Å². The van der Waals surface area contributed by atoms with Gasteiger partial charge in [0.2, 0.25) is 6.29 Å². The summed E-state index contributed by atoms with van der Waals surface area (Å²) in [5.74, 6) is -1.43. The van der Waals surface area contributed by atoms with Gasteiger partial charge in [-0.1, -0.05) is 13.8 Å². The smallest absolute Gasteiger partial charge is 0.413 e. The van der Waals surface area contributed by atoms with E-state index in [1.54, 1.807) is 19.0 Å². The highest BCUT2D eigenvalue weighted by Gasteiger charge is 2.49. The Hall–Kier alpha value is -1.87. The van der Waals surface area contributed by atoms with Crippen LogP contribution in [0.25, 0.3) is 0 Å². The van der Waals surface area contributed by atoms with E-state index in [0.717, 1.165) is 0 Å². The number of carbonyl (C=O) groups excluding carboxylic acids is 2. The van der Waals surface area contributed by atoms with Crippen LogP contribution in [-0.4, -0.2) is 84.5 Å². The van der Waals surface area contributed by atoms with Crippen molar-refractivity contribution in [1.29, 1.82) is 0 Å². The monoisotopic (exact) mass is 371 g/mol. The molecular weight excluding hydrogens is 342 g/mol. The number of carbonyl (C=O) groups is 3. The molecule has 26 heavy (non-hydrogen) atoms. The first-order chi connectivity index (χ1) is 12.1. The first-order valence-electron chi connectivity index (χ1n) is 8.93. The first-order valence-corrected chi connectivity index (χ1v) is 8.93. The minimum atomic E-state index is -1.01. The maximum absolute atomic E-state index is 12.4. The van der Waals surface area contributed by atoms with E-state index in [-0.39, 0.29) is 17.9 Å². The minimum absolute atomic E-state index is 0.0530. The molecule has 0 saturated carbocycles. The molecule has 5 atom stereocenters. The number of likely N-dealkylation sites (N-methyl/N-ethyl adjacent to an activating group) is 1. The number of hydrogen-bond donors (Lipinski definition) is 2. The van der Waals surface area contributed by atoms with Crippen molar-refractivity contribution < 1.29 is 29.0 Å². The molecule has 2 aliphatic rings. The van der Waals surface area contributed by atoms with Crippen LogP contribution in [0.1, 0.15) is 27.2 Å². The molecule has 2 heterocycles. The van der Waals surface area contributed by atoms with Crippen LogP contribution in [0.4, 0.5) is 4.79 Å². The maximum atomic E-state index is 12.4. The van der Waals surface area contributed by atoms with Gasteiger partial charge < -0.3 is 24.8 Å². The summed E-state index contributed by atoms with van der Waals surface area (Å²) in [5, 5.41) is 12.1. The predicted molar refractivity (Wildman–Crippen MR) is 92.4 cm³/mol. The zero-order valence-corrected chi connectivity index (χ0v) is 16.0. The molecule has 4 unspecified atom stereocenters. The molecule has 0 spiro atoms. The van der Waals surface area contributed by atoms with Crippen molar-refractivity contribution in [2.45, 2.75) is 51.6 Å². The number of aliphatic carboxylic acids is 1. The Kier molecular flexibility index (Phi) is 6.46. The number of nitrogens with one attached hydrogen (secondary N) is 1. The zero-order chi connectivity index (χ0) is 19.6. The number of carboxylic acid groups (broad SMARTS) is 1. The van der Waals surface area contributed by atoms with Crippen LogP contribution in [-0.2, 0) is 19.1 Å². The molecule has 0 aliphatic carbocycles. The second-order valence-corrected chi connectivity index (χ2v) is 7.48. The molecule has 9 heteroatoms. The highest BCUT2D eigenvalue weighted by atomic mass is 16.7. The summed E-state index contributed by atoms with van der Waals surface area (Å²) < 4.78 is 10.5. The lowest BCUT2D eigenvalue weighted by molar-refractivity contribution is -0.173. The Labute approximate surface area is 153 Å². The van der Waals surface area contributed by atoms with Crippen LogP contribution < -0.4 is 5.32 Å². The van der Waals surface area contributed by atoms with E-state index in [1.807, 2.05) is 13.8 Å². The van der Waals surface area contributed by atoms with Crippen molar-refractivity contribution in [3.63, 3.8) is 0 Å². The summed E-state index contributed by atoms with van der Waals surface area (Å²) in [6.45, 7) is 6.19. The Bertz CT molecular complexity index is 545. The fraction of sp³-hybridized carbons (Fsp3) is 0.824. The highest BCUT2D eigenvalue weighted by molar-refractivity contribution is 5.77. The minimum Gasteiger partial charge on any atom is -0.480 e. The summed E-state index contributed by atoms with van der Waals surface area (Å²) in [5.41, 5.74) is 0.